The van der Waals surface area contributed by atoms with E-state index in [1.165, 1.54) is 22.5 Å². The Hall–Kier alpha value is -1.39. The molecule has 0 radical (unpaired) electrons. The standard InChI is InChI=1S/C18H24Cl2N4O4S/c19-13-5-6-15(20)16(11-13)29(27,28)24-9-7-23(8-10-24)12-17(25)22-18(26)21-14-3-1-2-4-14/h5-6,11,14H,1-4,7-10,12H2,(H2,21,22,25,26). The van der Waals surface area contributed by atoms with Crippen molar-refractivity contribution in [2.75, 3.05) is 32.7 Å². The molecule has 0 aromatic heterocycles. The summed E-state index contributed by atoms with van der Waals surface area (Å²) in [5, 5.41) is 5.55. The highest BCUT2D eigenvalue weighted by Gasteiger charge is 2.31. The zero-order valence-corrected chi connectivity index (χ0v) is 18.2. The van der Waals surface area contributed by atoms with Crippen LogP contribution in [0.3, 0.4) is 0 Å². The van der Waals surface area contributed by atoms with E-state index in [4.69, 9.17) is 23.2 Å². The van der Waals surface area contributed by atoms with E-state index in [2.05, 4.69) is 10.6 Å². The van der Waals surface area contributed by atoms with E-state index in [-0.39, 0.29) is 35.6 Å². The number of sulfonamides is 1. The van der Waals surface area contributed by atoms with Gasteiger partial charge in [0, 0.05) is 37.2 Å². The largest absolute Gasteiger partial charge is 0.335 e. The fourth-order valence-corrected chi connectivity index (χ4v) is 5.76. The monoisotopic (exact) mass is 462 g/mol. The average molecular weight is 463 g/mol. The summed E-state index contributed by atoms with van der Waals surface area (Å²) in [7, 11) is -3.77. The van der Waals surface area contributed by atoms with Gasteiger partial charge < -0.3 is 5.32 Å². The highest BCUT2D eigenvalue weighted by Crippen LogP contribution is 2.28. The predicted octanol–water partition coefficient (Wildman–Crippen LogP) is 2.07. The summed E-state index contributed by atoms with van der Waals surface area (Å²) in [5.41, 5.74) is 0. The number of urea groups is 1. The molecule has 1 saturated heterocycles. The molecule has 0 bridgehead atoms. The van der Waals surface area contributed by atoms with Gasteiger partial charge in [-0.25, -0.2) is 13.2 Å². The normalized spacial score (nSPS) is 19.2. The first-order valence-corrected chi connectivity index (χ1v) is 11.7. The second-order valence-electron chi connectivity index (χ2n) is 7.26. The van der Waals surface area contributed by atoms with Crippen LogP contribution in [-0.2, 0) is 14.8 Å². The molecule has 0 atom stereocenters. The van der Waals surface area contributed by atoms with Crippen molar-refractivity contribution in [2.24, 2.45) is 0 Å². The molecule has 3 rings (SSSR count). The first-order valence-electron chi connectivity index (χ1n) is 9.53. The van der Waals surface area contributed by atoms with E-state index in [9.17, 15) is 18.0 Å². The lowest BCUT2D eigenvalue weighted by atomic mass is 10.2. The van der Waals surface area contributed by atoms with Crippen molar-refractivity contribution >= 4 is 45.2 Å². The molecule has 0 spiro atoms. The maximum Gasteiger partial charge on any atom is 0.321 e. The maximum absolute atomic E-state index is 12.8. The van der Waals surface area contributed by atoms with Gasteiger partial charge in [-0.05, 0) is 31.0 Å². The number of hydrogen-bond donors (Lipinski definition) is 2. The van der Waals surface area contributed by atoms with Crippen molar-refractivity contribution in [3.63, 3.8) is 0 Å². The molecular formula is C18H24Cl2N4O4S. The molecule has 1 heterocycles. The summed E-state index contributed by atoms with van der Waals surface area (Å²) >= 11 is 12.0. The number of benzene rings is 1. The van der Waals surface area contributed by atoms with Crippen LogP contribution in [0.15, 0.2) is 23.1 Å². The van der Waals surface area contributed by atoms with Crippen LogP contribution in [0.2, 0.25) is 10.0 Å². The Morgan fingerprint density at radius 2 is 1.72 bits per heavy atom. The second-order valence-corrected chi connectivity index (χ2v) is 10.0. The van der Waals surface area contributed by atoms with Crippen molar-refractivity contribution in [3.05, 3.63) is 28.2 Å². The van der Waals surface area contributed by atoms with Crippen LogP contribution in [0.25, 0.3) is 0 Å². The number of nitrogens with zero attached hydrogens (tertiary/aromatic N) is 2. The van der Waals surface area contributed by atoms with E-state index in [1.807, 2.05) is 4.90 Å². The molecule has 160 valence electrons. The third-order valence-electron chi connectivity index (χ3n) is 5.15. The van der Waals surface area contributed by atoms with Crippen LogP contribution < -0.4 is 10.6 Å². The van der Waals surface area contributed by atoms with E-state index < -0.39 is 22.0 Å². The second kappa shape index (κ2) is 9.61. The topological polar surface area (TPSA) is 98.8 Å². The lowest BCUT2D eigenvalue weighted by molar-refractivity contribution is -0.121. The van der Waals surface area contributed by atoms with E-state index in [0.29, 0.717) is 18.1 Å². The zero-order valence-electron chi connectivity index (χ0n) is 15.9. The minimum absolute atomic E-state index is 0.0264. The van der Waals surface area contributed by atoms with Gasteiger partial charge in [-0.3, -0.25) is 15.0 Å². The molecule has 1 aliphatic heterocycles. The van der Waals surface area contributed by atoms with Crippen molar-refractivity contribution in [1.82, 2.24) is 19.8 Å². The molecule has 29 heavy (non-hydrogen) atoms. The Morgan fingerprint density at radius 3 is 2.38 bits per heavy atom. The van der Waals surface area contributed by atoms with Gasteiger partial charge in [-0.1, -0.05) is 36.0 Å². The maximum atomic E-state index is 12.8. The number of carbonyl (C=O) groups is 2. The Bertz CT molecular complexity index is 867. The summed E-state index contributed by atoms with van der Waals surface area (Å²) in [6.45, 7) is 1.20. The van der Waals surface area contributed by atoms with Gasteiger partial charge in [-0.15, -0.1) is 0 Å². The van der Waals surface area contributed by atoms with Gasteiger partial charge in [0.1, 0.15) is 4.90 Å². The highest BCUT2D eigenvalue weighted by atomic mass is 35.5. The van der Waals surface area contributed by atoms with Crippen LogP contribution in [-0.4, -0.2) is 68.3 Å². The molecule has 1 aliphatic carbocycles. The van der Waals surface area contributed by atoms with E-state index in [0.717, 1.165) is 25.7 Å². The Labute approximate surface area is 180 Å². The number of imide groups is 1. The minimum Gasteiger partial charge on any atom is -0.335 e. The molecule has 2 N–H and O–H groups in total. The molecule has 1 aromatic carbocycles. The Balaban J connectivity index is 1.49. The van der Waals surface area contributed by atoms with Gasteiger partial charge in [0.25, 0.3) is 0 Å². The van der Waals surface area contributed by atoms with Crippen LogP contribution in [0, 0.1) is 0 Å². The summed E-state index contributed by atoms with van der Waals surface area (Å²) in [6.07, 6.45) is 4.06. The van der Waals surface area contributed by atoms with Crippen molar-refractivity contribution in [2.45, 2.75) is 36.6 Å². The van der Waals surface area contributed by atoms with Gasteiger partial charge in [-0.2, -0.15) is 4.31 Å². The number of halogens is 2. The number of piperazine rings is 1. The number of nitrogens with one attached hydrogen (secondary N) is 2. The van der Waals surface area contributed by atoms with E-state index >= 15 is 0 Å². The van der Waals surface area contributed by atoms with Crippen molar-refractivity contribution in [3.8, 4) is 0 Å². The molecule has 8 nitrogen and oxygen atoms in total. The third kappa shape index (κ3) is 5.82. The smallest absolute Gasteiger partial charge is 0.321 e. The molecule has 1 saturated carbocycles. The van der Waals surface area contributed by atoms with Crippen molar-refractivity contribution in [1.29, 1.82) is 0 Å². The predicted molar refractivity (Wildman–Crippen MR) is 111 cm³/mol. The fraction of sp³-hybridized carbons (Fsp3) is 0.556. The number of carbonyl (C=O) groups excluding carboxylic acids is 2. The van der Waals surface area contributed by atoms with Crippen LogP contribution in [0.4, 0.5) is 4.79 Å². The molecule has 3 amide bonds. The van der Waals surface area contributed by atoms with Gasteiger partial charge >= 0.3 is 6.03 Å². The molecule has 11 heteroatoms. The highest BCUT2D eigenvalue weighted by molar-refractivity contribution is 7.89. The van der Waals surface area contributed by atoms with Crippen molar-refractivity contribution < 1.29 is 18.0 Å². The van der Waals surface area contributed by atoms with Gasteiger partial charge in [0.2, 0.25) is 15.9 Å². The number of hydrogen-bond acceptors (Lipinski definition) is 5. The number of amides is 3. The minimum atomic E-state index is -3.77. The summed E-state index contributed by atoms with van der Waals surface area (Å²) in [6, 6.07) is 3.98. The van der Waals surface area contributed by atoms with Crippen LogP contribution in [0.5, 0.6) is 0 Å². The van der Waals surface area contributed by atoms with Crippen LogP contribution in [0.1, 0.15) is 25.7 Å². The Morgan fingerprint density at radius 1 is 1.07 bits per heavy atom. The first kappa shape index (κ1) is 22.3. The quantitative estimate of drug-likeness (QED) is 0.697. The molecule has 1 aromatic rings. The third-order valence-corrected chi connectivity index (χ3v) is 7.77. The summed E-state index contributed by atoms with van der Waals surface area (Å²) in [5.74, 6) is -0.408. The summed E-state index contributed by atoms with van der Waals surface area (Å²) in [4.78, 5) is 25.8. The number of rotatable bonds is 5. The van der Waals surface area contributed by atoms with Gasteiger partial charge in [0.05, 0.1) is 11.6 Å². The Kier molecular flexibility index (Phi) is 7.39. The van der Waals surface area contributed by atoms with Gasteiger partial charge in [0.15, 0.2) is 0 Å². The summed E-state index contributed by atoms with van der Waals surface area (Å²) < 4.78 is 27.0. The fourth-order valence-electron chi connectivity index (χ4n) is 3.60. The first-order chi connectivity index (χ1) is 13.8. The lowest BCUT2D eigenvalue weighted by Crippen LogP contribution is -2.52. The molecular weight excluding hydrogens is 439 g/mol. The lowest BCUT2D eigenvalue weighted by Gasteiger charge is -2.33. The molecule has 2 fully saturated rings. The van der Waals surface area contributed by atoms with Crippen LogP contribution >= 0.6 is 23.2 Å². The molecule has 0 unspecified atom stereocenters. The molecule has 2 aliphatic rings. The SMILES string of the molecule is O=C(CN1CCN(S(=O)(=O)c2cc(Cl)ccc2Cl)CC1)NC(=O)NC1CCCC1. The van der Waals surface area contributed by atoms with E-state index in [1.54, 1.807) is 0 Å². The zero-order chi connectivity index (χ0) is 21.0. The average Bonchev–Trinajstić information content (AvgIpc) is 3.16.